The number of hydrogen-bond acceptors (Lipinski definition) is 4. The lowest BCUT2D eigenvalue weighted by molar-refractivity contribution is -0.143. The van der Waals surface area contributed by atoms with Crippen molar-refractivity contribution >= 4 is 5.97 Å². The van der Waals surface area contributed by atoms with Crippen molar-refractivity contribution in [3.05, 3.63) is 0 Å². The van der Waals surface area contributed by atoms with Crippen molar-refractivity contribution in [2.75, 3.05) is 13.2 Å². The van der Waals surface area contributed by atoms with Gasteiger partial charge in [-0.25, -0.2) is 4.79 Å². The van der Waals surface area contributed by atoms with E-state index < -0.39 is 5.54 Å². The molecule has 2 atom stereocenters. The minimum Gasteiger partial charge on any atom is -0.464 e. The van der Waals surface area contributed by atoms with Crippen molar-refractivity contribution in [2.45, 2.75) is 18.9 Å². The Morgan fingerprint density at radius 1 is 1.73 bits per heavy atom. The first-order valence-electron chi connectivity index (χ1n) is 3.81. The van der Waals surface area contributed by atoms with Gasteiger partial charge in [-0.1, -0.05) is 6.92 Å². The van der Waals surface area contributed by atoms with Crippen LogP contribution < -0.4 is 0 Å². The highest BCUT2D eigenvalue weighted by molar-refractivity contribution is 5.83. The summed E-state index contributed by atoms with van der Waals surface area (Å²) in [6.45, 7) is 3.16. The van der Waals surface area contributed by atoms with Gasteiger partial charge in [0.1, 0.15) is 0 Å². The summed E-state index contributed by atoms with van der Waals surface area (Å²) in [7, 11) is 0. The lowest BCUT2D eigenvalue weighted by Gasteiger charge is -2.17. The van der Waals surface area contributed by atoms with Crippen LogP contribution >= 0.6 is 0 Å². The van der Waals surface area contributed by atoms with Crippen LogP contribution in [0.5, 0.6) is 0 Å². The molecule has 11 heavy (non-hydrogen) atoms. The molecule has 0 saturated carbocycles. The minimum atomic E-state index is -0.597. The van der Waals surface area contributed by atoms with Crippen LogP contribution in [0.15, 0.2) is 10.2 Å². The summed E-state index contributed by atoms with van der Waals surface area (Å²) in [6.07, 6.45) is 0.705. The molecule has 0 aromatic heterocycles. The summed E-state index contributed by atoms with van der Waals surface area (Å²) >= 11 is 0. The first-order valence-corrected chi connectivity index (χ1v) is 3.81. The van der Waals surface area contributed by atoms with E-state index in [1.807, 2.05) is 6.92 Å². The predicted octanol–water partition coefficient (Wildman–Crippen LogP) is 0.774. The first kappa shape index (κ1) is 6.76. The van der Waals surface area contributed by atoms with Crippen LogP contribution in [0, 0.1) is 5.92 Å². The number of cyclic esters (lactones) is 1. The third-order valence-corrected chi connectivity index (χ3v) is 2.49. The van der Waals surface area contributed by atoms with E-state index in [-0.39, 0.29) is 11.9 Å². The second-order valence-corrected chi connectivity index (χ2v) is 3.14. The summed E-state index contributed by atoms with van der Waals surface area (Å²) in [5.41, 5.74) is -0.597. The summed E-state index contributed by atoms with van der Waals surface area (Å²) in [4.78, 5) is 11.2. The molecule has 0 amide bonds. The molecule has 4 heteroatoms. The quantitative estimate of drug-likeness (QED) is 0.484. The van der Waals surface area contributed by atoms with Crippen LogP contribution in [-0.4, -0.2) is 24.7 Å². The monoisotopic (exact) mass is 154 g/mol. The first-order chi connectivity index (χ1) is 5.26. The van der Waals surface area contributed by atoms with Gasteiger partial charge in [0, 0.05) is 12.3 Å². The molecule has 0 aromatic carbocycles. The molecule has 2 rings (SSSR count). The van der Waals surface area contributed by atoms with Crippen molar-refractivity contribution in [1.82, 2.24) is 0 Å². The Labute approximate surface area is 64.6 Å². The number of nitrogens with zero attached hydrogens (tertiary/aromatic N) is 2. The largest absolute Gasteiger partial charge is 0.464 e. The van der Waals surface area contributed by atoms with E-state index in [2.05, 4.69) is 10.2 Å². The van der Waals surface area contributed by atoms with E-state index in [0.717, 1.165) is 0 Å². The van der Waals surface area contributed by atoms with Gasteiger partial charge in [-0.05, 0) is 0 Å². The molecule has 2 aliphatic rings. The normalized spacial score (nSPS) is 41.9. The number of carbonyl (C=O) groups is 1. The third kappa shape index (κ3) is 0.721. The smallest absolute Gasteiger partial charge is 0.336 e. The molecule has 0 aromatic rings. The van der Waals surface area contributed by atoms with Gasteiger partial charge >= 0.3 is 5.97 Å². The van der Waals surface area contributed by atoms with E-state index in [0.29, 0.717) is 19.6 Å². The van der Waals surface area contributed by atoms with Crippen molar-refractivity contribution < 1.29 is 9.53 Å². The van der Waals surface area contributed by atoms with Gasteiger partial charge in [-0.2, -0.15) is 10.2 Å². The highest BCUT2D eigenvalue weighted by Crippen LogP contribution is 2.36. The molecule has 0 aliphatic carbocycles. The average molecular weight is 154 g/mol. The Balaban J connectivity index is 2.33. The second kappa shape index (κ2) is 2.03. The number of carbonyl (C=O) groups excluding carboxylic acids is 1. The zero-order chi connectivity index (χ0) is 7.90. The minimum absolute atomic E-state index is 0.189. The molecule has 0 bridgehead atoms. The van der Waals surface area contributed by atoms with Gasteiger partial charge in [0.15, 0.2) is 5.54 Å². The van der Waals surface area contributed by atoms with Crippen LogP contribution in [0.2, 0.25) is 0 Å². The molecule has 0 radical (unpaired) electrons. The van der Waals surface area contributed by atoms with E-state index in [9.17, 15) is 4.79 Å². The highest BCUT2D eigenvalue weighted by Gasteiger charge is 2.51. The van der Waals surface area contributed by atoms with Crippen molar-refractivity contribution in [3.8, 4) is 0 Å². The lowest BCUT2D eigenvalue weighted by atomic mass is 9.86. The molecule has 2 aliphatic heterocycles. The number of rotatable bonds is 0. The molecule has 1 spiro atoms. The van der Waals surface area contributed by atoms with Crippen molar-refractivity contribution in [1.29, 1.82) is 0 Å². The number of azo groups is 1. The molecule has 4 nitrogen and oxygen atoms in total. The van der Waals surface area contributed by atoms with E-state index in [4.69, 9.17) is 4.74 Å². The fourth-order valence-electron chi connectivity index (χ4n) is 1.60. The molecular weight excluding hydrogens is 144 g/mol. The van der Waals surface area contributed by atoms with Crippen LogP contribution in [0.1, 0.15) is 13.3 Å². The molecule has 2 heterocycles. The molecular formula is C7H10N2O2. The van der Waals surface area contributed by atoms with Gasteiger partial charge in [-0.15, -0.1) is 0 Å². The Bertz CT molecular complexity index is 226. The predicted molar refractivity (Wildman–Crippen MR) is 37.2 cm³/mol. The van der Waals surface area contributed by atoms with Gasteiger partial charge in [0.2, 0.25) is 0 Å². The zero-order valence-electron chi connectivity index (χ0n) is 6.41. The van der Waals surface area contributed by atoms with E-state index in [1.54, 1.807) is 0 Å². The summed E-state index contributed by atoms with van der Waals surface area (Å²) in [5, 5.41) is 7.85. The lowest BCUT2D eigenvalue weighted by Crippen LogP contribution is -2.37. The fourth-order valence-corrected chi connectivity index (χ4v) is 1.60. The SMILES string of the molecule is CC1CN=NC12CCOC2=O. The standard InChI is InChI=1S/C7H10N2O2/c1-5-4-8-9-7(5)2-3-11-6(7)10/h5H,2-4H2,1H3. The van der Waals surface area contributed by atoms with Crippen LogP contribution in [-0.2, 0) is 9.53 Å². The van der Waals surface area contributed by atoms with Crippen LogP contribution in [0.25, 0.3) is 0 Å². The Morgan fingerprint density at radius 3 is 3.00 bits per heavy atom. The summed E-state index contributed by atoms with van der Waals surface area (Å²) in [5.74, 6) is 0.0312. The van der Waals surface area contributed by atoms with Crippen LogP contribution in [0.3, 0.4) is 0 Å². The van der Waals surface area contributed by atoms with Crippen molar-refractivity contribution in [3.63, 3.8) is 0 Å². The molecule has 1 fully saturated rings. The maximum atomic E-state index is 11.2. The van der Waals surface area contributed by atoms with Gasteiger partial charge in [0.05, 0.1) is 13.2 Å². The number of esters is 1. The third-order valence-electron chi connectivity index (χ3n) is 2.49. The van der Waals surface area contributed by atoms with Gasteiger partial charge in [-0.3, -0.25) is 0 Å². The Kier molecular flexibility index (Phi) is 1.25. The molecule has 60 valence electrons. The molecule has 0 N–H and O–H groups in total. The molecule has 2 unspecified atom stereocenters. The maximum Gasteiger partial charge on any atom is 0.336 e. The Morgan fingerprint density at radius 2 is 2.55 bits per heavy atom. The van der Waals surface area contributed by atoms with Crippen molar-refractivity contribution in [2.24, 2.45) is 16.1 Å². The average Bonchev–Trinajstić information content (AvgIpc) is 2.48. The van der Waals surface area contributed by atoms with E-state index in [1.165, 1.54) is 0 Å². The maximum absolute atomic E-state index is 11.2. The summed E-state index contributed by atoms with van der Waals surface area (Å²) < 4.78 is 4.87. The van der Waals surface area contributed by atoms with Gasteiger partial charge in [0.25, 0.3) is 0 Å². The van der Waals surface area contributed by atoms with E-state index >= 15 is 0 Å². The number of ether oxygens (including phenoxy) is 1. The number of hydrogen-bond donors (Lipinski definition) is 0. The van der Waals surface area contributed by atoms with Gasteiger partial charge < -0.3 is 4.74 Å². The second-order valence-electron chi connectivity index (χ2n) is 3.14. The topological polar surface area (TPSA) is 51.0 Å². The zero-order valence-corrected chi connectivity index (χ0v) is 6.41. The Hall–Kier alpha value is -0.930. The van der Waals surface area contributed by atoms with Crippen LogP contribution in [0.4, 0.5) is 0 Å². The summed E-state index contributed by atoms with van der Waals surface area (Å²) in [6, 6.07) is 0. The fraction of sp³-hybridized carbons (Fsp3) is 0.857. The molecule has 1 saturated heterocycles. The highest BCUT2D eigenvalue weighted by atomic mass is 16.5.